The molecule has 2 nitrogen and oxygen atoms in total. The predicted octanol–water partition coefficient (Wildman–Crippen LogP) is 3.31. The average Bonchev–Trinajstić information content (AvgIpc) is 2.29. The minimum Gasteiger partial charge on any atom is -0.489 e. The first-order valence-electron chi connectivity index (χ1n) is 4.62. The van der Waals surface area contributed by atoms with Crippen molar-refractivity contribution in [3.63, 3.8) is 0 Å². The molecule has 3 heteroatoms. The van der Waals surface area contributed by atoms with E-state index in [1.54, 1.807) is 12.4 Å². The van der Waals surface area contributed by atoms with Gasteiger partial charge in [-0.25, -0.2) is 0 Å². The fourth-order valence-electron chi connectivity index (χ4n) is 1.21. The molecule has 0 aliphatic rings. The first-order chi connectivity index (χ1) is 7.36. The summed E-state index contributed by atoms with van der Waals surface area (Å²) < 4.78 is 5.55. The van der Waals surface area contributed by atoms with E-state index >= 15 is 0 Å². The lowest BCUT2D eigenvalue weighted by atomic mass is 10.2. The highest BCUT2D eigenvalue weighted by atomic mass is 35.5. The van der Waals surface area contributed by atoms with Gasteiger partial charge >= 0.3 is 0 Å². The van der Waals surface area contributed by atoms with Crippen molar-refractivity contribution in [2.75, 3.05) is 0 Å². The Morgan fingerprint density at radius 2 is 1.80 bits per heavy atom. The topological polar surface area (TPSA) is 22.1 Å². The number of benzene rings is 1. The summed E-state index contributed by atoms with van der Waals surface area (Å²) in [6.45, 7) is 0.476. The Hall–Kier alpha value is -1.54. The number of nitrogens with zero attached hydrogens (tertiary/aromatic N) is 1. The van der Waals surface area contributed by atoms with Gasteiger partial charge in [0.1, 0.15) is 12.4 Å². The van der Waals surface area contributed by atoms with Gasteiger partial charge in [0.15, 0.2) is 0 Å². The molecule has 0 atom stereocenters. The molecule has 0 unspecified atom stereocenters. The summed E-state index contributed by atoms with van der Waals surface area (Å²) in [5.41, 5.74) is 0.982. The van der Waals surface area contributed by atoms with Crippen molar-refractivity contribution in [1.29, 1.82) is 0 Å². The van der Waals surface area contributed by atoms with Gasteiger partial charge in [0.25, 0.3) is 0 Å². The van der Waals surface area contributed by atoms with Gasteiger partial charge in [-0.3, -0.25) is 4.98 Å². The molecule has 76 valence electrons. The van der Waals surface area contributed by atoms with Gasteiger partial charge < -0.3 is 4.74 Å². The maximum absolute atomic E-state index is 6.00. The number of ether oxygens (including phenoxy) is 1. The van der Waals surface area contributed by atoms with Gasteiger partial charge in [-0.15, -0.1) is 0 Å². The number of hydrogen-bond acceptors (Lipinski definition) is 2. The van der Waals surface area contributed by atoms with Crippen LogP contribution < -0.4 is 4.74 Å². The molecule has 0 bridgehead atoms. The summed E-state index contributed by atoms with van der Waals surface area (Å²) in [6.07, 6.45) is 3.39. The van der Waals surface area contributed by atoms with Crippen LogP contribution in [-0.4, -0.2) is 4.98 Å². The fraction of sp³-hybridized carbons (Fsp3) is 0.0833. The third-order valence-corrected chi connectivity index (χ3v) is 2.37. The van der Waals surface area contributed by atoms with E-state index in [2.05, 4.69) is 4.98 Å². The Labute approximate surface area is 93.5 Å². The molecule has 0 saturated heterocycles. The third kappa shape index (κ3) is 2.70. The van der Waals surface area contributed by atoms with Crippen LogP contribution >= 0.6 is 11.6 Å². The quantitative estimate of drug-likeness (QED) is 0.790. The summed E-state index contributed by atoms with van der Waals surface area (Å²) in [7, 11) is 0. The van der Waals surface area contributed by atoms with Gasteiger partial charge in [0, 0.05) is 23.0 Å². The second-order valence-corrected chi connectivity index (χ2v) is 3.47. The lowest BCUT2D eigenvalue weighted by Gasteiger charge is -2.06. The zero-order valence-electron chi connectivity index (χ0n) is 8.06. The highest BCUT2D eigenvalue weighted by Gasteiger charge is 1.99. The molecule has 2 aromatic rings. The molecule has 0 radical (unpaired) electrons. The van der Waals surface area contributed by atoms with Crippen molar-refractivity contribution < 1.29 is 4.74 Å². The molecular weight excluding hydrogens is 210 g/mol. The monoisotopic (exact) mass is 219 g/mol. The molecule has 0 aliphatic carbocycles. The standard InChI is InChI=1S/C12H10ClNO/c13-12-4-2-1-3-10(12)9-15-11-5-7-14-8-6-11/h1-8H,9H2. The Morgan fingerprint density at radius 3 is 2.53 bits per heavy atom. The highest BCUT2D eigenvalue weighted by Crippen LogP contribution is 2.17. The largest absolute Gasteiger partial charge is 0.489 e. The van der Waals surface area contributed by atoms with Crippen molar-refractivity contribution in [1.82, 2.24) is 4.98 Å². The van der Waals surface area contributed by atoms with Crippen LogP contribution in [0.4, 0.5) is 0 Å². The second-order valence-electron chi connectivity index (χ2n) is 3.06. The van der Waals surface area contributed by atoms with Crippen LogP contribution in [-0.2, 0) is 6.61 Å². The number of halogens is 1. The molecule has 0 fully saturated rings. The Morgan fingerprint density at radius 1 is 1.07 bits per heavy atom. The van der Waals surface area contributed by atoms with Crippen LogP contribution in [0.1, 0.15) is 5.56 Å². The summed E-state index contributed by atoms with van der Waals surface area (Å²) in [6, 6.07) is 11.3. The van der Waals surface area contributed by atoms with Crippen molar-refractivity contribution in [2.45, 2.75) is 6.61 Å². The van der Waals surface area contributed by atoms with E-state index in [-0.39, 0.29) is 0 Å². The zero-order chi connectivity index (χ0) is 10.5. The third-order valence-electron chi connectivity index (χ3n) is 2.00. The SMILES string of the molecule is Clc1ccccc1COc1ccncc1. The van der Waals surface area contributed by atoms with Gasteiger partial charge in [0.2, 0.25) is 0 Å². The van der Waals surface area contributed by atoms with Gasteiger partial charge in [-0.2, -0.15) is 0 Å². The van der Waals surface area contributed by atoms with Crippen LogP contribution in [0.5, 0.6) is 5.75 Å². The Kier molecular flexibility index (Phi) is 3.20. The number of pyridine rings is 1. The molecule has 15 heavy (non-hydrogen) atoms. The predicted molar refractivity (Wildman–Crippen MR) is 60.0 cm³/mol. The molecular formula is C12H10ClNO. The van der Waals surface area contributed by atoms with E-state index in [1.807, 2.05) is 36.4 Å². The molecule has 0 amide bonds. The van der Waals surface area contributed by atoms with Gasteiger partial charge in [-0.1, -0.05) is 29.8 Å². The van der Waals surface area contributed by atoms with Crippen molar-refractivity contribution in [3.8, 4) is 5.75 Å². The Balaban J connectivity index is 2.03. The molecule has 2 rings (SSSR count). The molecule has 0 N–H and O–H groups in total. The average molecular weight is 220 g/mol. The lowest BCUT2D eigenvalue weighted by molar-refractivity contribution is 0.306. The molecule has 1 aromatic heterocycles. The Bertz CT molecular complexity index is 431. The molecule has 0 spiro atoms. The smallest absolute Gasteiger partial charge is 0.122 e. The van der Waals surface area contributed by atoms with E-state index < -0.39 is 0 Å². The number of aromatic nitrogens is 1. The van der Waals surface area contributed by atoms with Crippen LogP contribution in [0.3, 0.4) is 0 Å². The van der Waals surface area contributed by atoms with E-state index in [1.165, 1.54) is 0 Å². The molecule has 1 aromatic carbocycles. The molecule has 1 heterocycles. The second kappa shape index (κ2) is 4.80. The van der Waals surface area contributed by atoms with Crippen LogP contribution in [0.2, 0.25) is 5.02 Å². The first-order valence-corrected chi connectivity index (χ1v) is 5.00. The minimum atomic E-state index is 0.476. The molecule has 0 saturated carbocycles. The highest BCUT2D eigenvalue weighted by molar-refractivity contribution is 6.31. The summed E-state index contributed by atoms with van der Waals surface area (Å²) >= 11 is 6.00. The van der Waals surface area contributed by atoms with E-state index in [0.29, 0.717) is 6.61 Å². The maximum Gasteiger partial charge on any atom is 0.122 e. The maximum atomic E-state index is 6.00. The van der Waals surface area contributed by atoms with Crippen molar-refractivity contribution in [3.05, 3.63) is 59.4 Å². The van der Waals surface area contributed by atoms with Crippen LogP contribution in [0, 0.1) is 0 Å². The lowest BCUT2D eigenvalue weighted by Crippen LogP contribution is -1.95. The fourth-order valence-corrected chi connectivity index (χ4v) is 1.40. The van der Waals surface area contributed by atoms with E-state index in [9.17, 15) is 0 Å². The zero-order valence-corrected chi connectivity index (χ0v) is 8.82. The van der Waals surface area contributed by atoms with Crippen LogP contribution in [0.25, 0.3) is 0 Å². The van der Waals surface area contributed by atoms with E-state index in [0.717, 1.165) is 16.3 Å². The van der Waals surface area contributed by atoms with E-state index in [4.69, 9.17) is 16.3 Å². The van der Waals surface area contributed by atoms with Crippen molar-refractivity contribution >= 4 is 11.6 Å². The van der Waals surface area contributed by atoms with Crippen molar-refractivity contribution in [2.24, 2.45) is 0 Å². The summed E-state index contributed by atoms with van der Waals surface area (Å²) in [4.78, 5) is 3.91. The van der Waals surface area contributed by atoms with Crippen LogP contribution in [0.15, 0.2) is 48.8 Å². The van der Waals surface area contributed by atoms with Gasteiger partial charge in [-0.05, 0) is 18.2 Å². The molecule has 0 aliphatic heterocycles. The first kappa shape index (κ1) is 9.99. The summed E-state index contributed by atoms with van der Waals surface area (Å²) in [5.74, 6) is 0.796. The number of hydrogen-bond donors (Lipinski definition) is 0. The summed E-state index contributed by atoms with van der Waals surface area (Å²) in [5, 5.41) is 0.728. The normalized spacial score (nSPS) is 9.93. The number of rotatable bonds is 3. The minimum absolute atomic E-state index is 0.476. The van der Waals surface area contributed by atoms with Gasteiger partial charge in [0.05, 0.1) is 0 Å².